The maximum Gasteiger partial charge on any atom is 0.246 e. The molecular weight excluding hydrogens is 358 g/mol. The quantitative estimate of drug-likeness (QED) is 0.811. The standard InChI is InChI=1S/C14H20BrNO4S/c1-9-5-13(19-4)14(6-12(9)15)21(17,18)16-7-10(2)20-11(3)8-16/h5-6,10-11H,7-8H2,1-4H3/t10-,11-/m0/s1. The van der Waals surface area contributed by atoms with Crippen LogP contribution in [0.25, 0.3) is 0 Å². The molecule has 0 amide bonds. The third kappa shape index (κ3) is 3.41. The van der Waals surface area contributed by atoms with Crippen molar-refractivity contribution in [2.24, 2.45) is 0 Å². The summed E-state index contributed by atoms with van der Waals surface area (Å²) in [4.78, 5) is 0.184. The topological polar surface area (TPSA) is 55.8 Å². The van der Waals surface area contributed by atoms with E-state index in [1.165, 1.54) is 11.4 Å². The van der Waals surface area contributed by atoms with Gasteiger partial charge < -0.3 is 9.47 Å². The van der Waals surface area contributed by atoms with E-state index in [0.717, 1.165) is 10.0 Å². The van der Waals surface area contributed by atoms with E-state index in [9.17, 15) is 8.42 Å². The number of ether oxygens (including phenoxy) is 2. The van der Waals surface area contributed by atoms with Gasteiger partial charge in [-0.15, -0.1) is 0 Å². The average molecular weight is 378 g/mol. The monoisotopic (exact) mass is 377 g/mol. The van der Waals surface area contributed by atoms with E-state index in [0.29, 0.717) is 18.8 Å². The van der Waals surface area contributed by atoms with Crippen LogP contribution in [0, 0.1) is 6.92 Å². The second-order valence-corrected chi connectivity index (χ2v) is 8.09. The molecule has 0 unspecified atom stereocenters. The Morgan fingerprint density at radius 3 is 2.38 bits per heavy atom. The number of hydrogen-bond donors (Lipinski definition) is 0. The number of halogens is 1. The van der Waals surface area contributed by atoms with Gasteiger partial charge in [-0.3, -0.25) is 0 Å². The molecule has 1 aliphatic rings. The van der Waals surface area contributed by atoms with E-state index < -0.39 is 10.0 Å². The molecule has 0 bridgehead atoms. The van der Waals surface area contributed by atoms with Gasteiger partial charge >= 0.3 is 0 Å². The Kier molecular flexibility index (Phi) is 4.97. The van der Waals surface area contributed by atoms with Crippen LogP contribution >= 0.6 is 15.9 Å². The fourth-order valence-electron chi connectivity index (χ4n) is 2.46. The molecule has 0 saturated carbocycles. The van der Waals surface area contributed by atoms with E-state index in [4.69, 9.17) is 9.47 Å². The van der Waals surface area contributed by atoms with Crippen molar-refractivity contribution in [1.29, 1.82) is 0 Å². The molecule has 0 aliphatic carbocycles. The molecule has 5 nitrogen and oxygen atoms in total. The van der Waals surface area contributed by atoms with Crippen LogP contribution in [0.4, 0.5) is 0 Å². The number of benzene rings is 1. The number of nitrogens with zero attached hydrogens (tertiary/aromatic N) is 1. The Hall–Kier alpha value is -0.630. The Labute approximate surface area is 134 Å². The van der Waals surface area contributed by atoms with Gasteiger partial charge in [-0.2, -0.15) is 4.31 Å². The minimum atomic E-state index is -3.61. The third-order valence-corrected chi connectivity index (χ3v) is 6.16. The van der Waals surface area contributed by atoms with Crippen LogP contribution in [-0.4, -0.2) is 45.1 Å². The van der Waals surface area contributed by atoms with E-state index in [1.807, 2.05) is 20.8 Å². The molecule has 0 aromatic heterocycles. The SMILES string of the molecule is COc1cc(C)c(Br)cc1S(=O)(=O)N1C[C@H](C)O[C@@H](C)C1. The van der Waals surface area contributed by atoms with Gasteiger partial charge in [0.25, 0.3) is 0 Å². The van der Waals surface area contributed by atoms with Crippen molar-refractivity contribution in [1.82, 2.24) is 4.31 Å². The number of rotatable bonds is 3. The number of morpholine rings is 1. The first-order valence-corrected chi connectivity index (χ1v) is 8.98. The molecule has 0 N–H and O–H groups in total. The predicted octanol–water partition coefficient (Wildman–Crippen LogP) is 2.56. The zero-order valence-electron chi connectivity index (χ0n) is 12.6. The van der Waals surface area contributed by atoms with Crippen LogP contribution in [0.1, 0.15) is 19.4 Å². The average Bonchev–Trinajstić information content (AvgIpc) is 2.40. The molecule has 1 aromatic carbocycles. The van der Waals surface area contributed by atoms with Crippen LogP contribution in [0.3, 0.4) is 0 Å². The molecule has 1 aromatic rings. The predicted molar refractivity (Wildman–Crippen MR) is 84.2 cm³/mol. The van der Waals surface area contributed by atoms with Crippen molar-refractivity contribution in [3.8, 4) is 5.75 Å². The minimum Gasteiger partial charge on any atom is -0.495 e. The first-order valence-electron chi connectivity index (χ1n) is 6.75. The first-order chi connectivity index (χ1) is 9.75. The summed E-state index contributed by atoms with van der Waals surface area (Å²) in [6.07, 6.45) is -0.244. The normalized spacial score (nSPS) is 24.0. The van der Waals surface area contributed by atoms with Gasteiger partial charge in [0, 0.05) is 17.6 Å². The highest BCUT2D eigenvalue weighted by Gasteiger charge is 2.34. The van der Waals surface area contributed by atoms with Gasteiger partial charge in [0.15, 0.2) is 0 Å². The lowest BCUT2D eigenvalue weighted by Crippen LogP contribution is -2.48. The van der Waals surface area contributed by atoms with E-state index >= 15 is 0 Å². The lowest BCUT2D eigenvalue weighted by molar-refractivity contribution is -0.0441. The van der Waals surface area contributed by atoms with Crippen LogP contribution in [-0.2, 0) is 14.8 Å². The third-order valence-electron chi connectivity index (χ3n) is 3.45. The summed E-state index contributed by atoms with van der Waals surface area (Å²) in [5.74, 6) is 0.363. The van der Waals surface area contributed by atoms with Crippen molar-refractivity contribution < 1.29 is 17.9 Å². The van der Waals surface area contributed by atoms with Gasteiger partial charge in [0.1, 0.15) is 10.6 Å². The van der Waals surface area contributed by atoms with E-state index in [2.05, 4.69) is 15.9 Å². The molecule has 1 heterocycles. The summed E-state index contributed by atoms with van der Waals surface area (Å²) in [5, 5.41) is 0. The maximum absolute atomic E-state index is 12.9. The highest BCUT2D eigenvalue weighted by Crippen LogP contribution is 2.33. The van der Waals surface area contributed by atoms with Gasteiger partial charge in [-0.05, 0) is 38.5 Å². The highest BCUT2D eigenvalue weighted by molar-refractivity contribution is 9.10. The van der Waals surface area contributed by atoms with E-state index in [-0.39, 0.29) is 17.1 Å². The number of methoxy groups -OCH3 is 1. The summed E-state index contributed by atoms with van der Waals surface area (Å²) in [6, 6.07) is 3.33. The van der Waals surface area contributed by atoms with Crippen LogP contribution in [0.5, 0.6) is 5.75 Å². The molecule has 1 saturated heterocycles. The molecule has 21 heavy (non-hydrogen) atoms. The van der Waals surface area contributed by atoms with Crippen molar-refractivity contribution >= 4 is 26.0 Å². The molecule has 2 rings (SSSR count). The Morgan fingerprint density at radius 1 is 1.29 bits per heavy atom. The van der Waals surface area contributed by atoms with Crippen molar-refractivity contribution in [2.45, 2.75) is 37.9 Å². The summed E-state index contributed by atoms with van der Waals surface area (Å²) in [5.41, 5.74) is 0.925. The maximum atomic E-state index is 12.9. The van der Waals surface area contributed by atoms with E-state index in [1.54, 1.807) is 12.1 Å². The zero-order valence-corrected chi connectivity index (χ0v) is 15.0. The Bertz CT molecular complexity index is 622. The summed E-state index contributed by atoms with van der Waals surface area (Å²) >= 11 is 3.39. The second kappa shape index (κ2) is 6.24. The number of aryl methyl sites for hydroxylation is 1. The molecule has 118 valence electrons. The fraction of sp³-hybridized carbons (Fsp3) is 0.571. The molecule has 2 atom stereocenters. The van der Waals surface area contributed by atoms with Crippen LogP contribution < -0.4 is 4.74 Å². The molecule has 1 fully saturated rings. The molecular formula is C14H20BrNO4S. The van der Waals surface area contributed by atoms with Crippen molar-refractivity contribution in [3.05, 3.63) is 22.2 Å². The van der Waals surface area contributed by atoms with Crippen molar-refractivity contribution in [3.63, 3.8) is 0 Å². The van der Waals surface area contributed by atoms with Gasteiger partial charge in [-0.1, -0.05) is 15.9 Å². The zero-order chi connectivity index (χ0) is 15.8. The smallest absolute Gasteiger partial charge is 0.246 e. The lowest BCUT2D eigenvalue weighted by atomic mass is 10.2. The van der Waals surface area contributed by atoms with Crippen LogP contribution in [0.15, 0.2) is 21.5 Å². The minimum absolute atomic E-state index is 0.122. The van der Waals surface area contributed by atoms with Gasteiger partial charge in [0.05, 0.1) is 19.3 Å². The molecule has 0 spiro atoms. The second-order valence-electron chi connectivity index (χ2n) is 5.33. The molecule has 7 heteroatoms. The number of sulfonamides is 1. The summed E-state index contributed by atoms with van der Waals surface area (Å²) < 4.78 is 38.8. The van der Waals surface area contributed by atoms with Crippen molar-refractivity contribution in [2.75, 3.05) is 20.2 Å². The van der Waals surface area contributed by atoms with Gasteiger partial charge in [0.2, 0.25) is 10.0 Å². The lowest BCUT2D eigenvalue weighted by Gasteiger charge is -2.34. The molecule has 0 radical (unpaired) electrons. The highest BCUT2D eigenvalue weighted by atomic mass is 79.9. The summed E-state index contributed by atoms with van der Waals surface area (Å²) in [6.45, 7) is 6.34. The Morgan fingerprint density at radius 2 is 1.86 bits per heavy atom. The van der Waals surface area contributed by atoms with Gasteiger partial charge in [-0.25, -0.2) is 8.42 Å². The van der Waals surface area contributed by atoms with Crippen LogP contribution in [0.2, 0.25) is 0 Å². The molecule has 1 aliphatic heterocycles. The largest absolute Gasteiger partial charge is 0.495 e. The fourth-order valence-corrected chi connectivity index (χ4v) is 4.71. The Balaban J connectivity index is 2.46. The number of hydrogen-bond acceptors (Lipinski definition) is 4. The first kappa shape index (κ1) is 16.7. The summed E-state index contributed by atoms with van der Waals surface area (Å²) in [7, 11) is -2.13.